The molecule has 0 radical (unpaired) electrons. The molecule has 1 N–H and O–H groups in total. The Hall–Kier alpha value is -2.45. The normalized spacial score (nSPS) is 13.4. The van der Waals surface area contributed by atoms with Crippen molar-refractivity contribution < 1.29 is 38.2 Å². The highest BCUT2D eigenvalue weighted by Crippen LogP contribution is 2.13. The van der Waals surface area contributed by atoms with Gasteiger partial charge in [0.1, 0.15) is 6.61 Å². The summed E-state index contributed by atoms with van der Waals surface area (Å²) in [5.74, 6) is -1.50. The van der Waals surface area contributed by atoms with Gasteiger partial charge < -0.3 is 23.8 Å². The van der Waals surface area contributed by atoms with Crippen molar-refractivity contribution >= 4 is 17.9 Å². The van der Waals surface area contributed by atoms with Gasteiger partial charge in [-0.25, -0.2) is 4.79 Å². The molecule has 2 unspecified atom stereocenters. The lowest BCUT2D eigenvalue weighted by Crippen LogP contribution is -2.50. The van der Waals surface area contributed by atoms with Crippen molar-refractivity contribution in [1.29, 1.82) is 0 Å². The van der Waals surface area contributed by atoms with E-state index in [1.807, 2.05) is 21.1 Å². The van der Waals surface area contributed by atoms with Crippen molar-refractivity contribution in [2.24, 2.45) is 0 Å². The van der Waals surface area contributed by atoms with Crippen molar-refractivity contribution in [3.63, 3.8) is 0 Å². The lowest BCUT2D eigenvalue weighted by molar-refractivity contribution is -0.887. The van der Waals surface area contributed by atoms with E-state index in [9.17, 15) is 19.5 Å². The molecule has 0 saturated heterocycles. The molecular weight excluding hydrogens is 606 g/mol. The van der Waals surface area contributed by atoms with Crippen LogP contribution in [-0.2, 0) is 28.6 Å². The van der Waals surface area contributed by atoms with Crippen LogP contribution in [0.1, 0.15) is 149 Å². The standard InChI is InChI=1S/C40H71NO7/c1-6-8-10-12-14-16-18-19-20-21-23-25-27-29-31-39(43)48-36(34-46-33-32-37(40(44)45)41(3,4)5)35-47-38(42)30-28-26-24-22-17-15-13-11-9-7-2/h11-14,18-19,36-37H,6-10,15-17,20-35H2,1-5H3/p+1/b13-11-,14-12-,19-18-. The Balaban J connectivity index is 4.46. The Kier molecular flexibility index (Phi) is 30.2. The first-order chi connectivity index (χ1) is 23.1. The molecule has 278 valence electrons. The molecule has 0 aliphatic heterocycles. The van der Waals surface area contributed by atoms with E-state index in [0.29, 0.717) is 19.3 Å². The van der Waals surface area contributed by atoms with Gasteiger partial charge in [-0.05, 0) is 57.8 Å². The van der Waals surface area contributed by atoms with E-state index < -0.39 is 18.1 Å². The second-order valence-corrected chi connectivity index (χ2v) is 13.8. The number of likely N-dealkylation sites (N-methyl/N-ethyl adjacent to an activating group) is 1. The minimum absolute atomic E-state index is 0.0528. The first-order valence-electron chi connectivity index (χ1n) is 19.0. The summed E-state index contributed by atoms with van der Waals surface area (Å²) in [4.78, 5) is 36.7. The van der Waals surface area contributed by atoms with Crippen LogP contribution >= 0.6 is 0 Å². The lowest BCUT2D eigenvalue weighted by Gasteiger charge is -2.31. The second-order valence-electron chi connectivity index (χ2n) is 13.8. The Morgan fingerprint density at radius 1 is 0.625 bits per heavy atom. The number of carbonyl (C=O) groups excluding carboxylic acids is 2. The van der Waals surface area contributed by atoms with Gasteiger partial charge in [-0.15, -0.1) is 0 Å². The molecule has 0 aromatic rings. The number of allylic oxidation sites excluding steroid dienone is 6. The van der Waals surface area contributed by atoms with E-state index >= 15 is 0 Å². The van der Waals surface area contributed by atoms with Gasteiger partial charge in [0, 0.05) is 19.3 Å². The van der Waals surface area contributed by atoms with Gasteiger partial charge in [-0.3, -0.25) is 9.59 Å². The molecule has 0 heterocycles. The van der Waals surface area contributed by atoms with E-state index in [-0.39, 0.29) is 36.2 Å². The van der Waals surface area contributed by atoms with E-state index in [0.717, 1.165) is 83.5 Å². The van der Waals surface area contributed by atoms with Gasteiger partial charge in [0.05, 0.1) is 34.4 Å². The summed E-state index contributed by atoms with van der Waals surface area (Å²) in [5, 5.41) is 9.57. The molecule has 0 rings (SSSR count). The highest BCUT2D eigenvalue weighted by molar-refractivity contribution is 5.72. The molecule has 0 saturated carbocycles. The van der Waals surface area contributed by atoms with Crippen molar-refractivity contribution in [2.45, 2.75) is 161 Å². The monoisotopic (exact) mass is 679 g/mol. The van der Waals surface area contributed by atoms with Gasteiger partial charge in [-0.1, -0.05) is 108 Å². The number of nitrogens with zero attached hydrogens (tertiary/aromatic N) is 1. The van der Waals surface area contributed by atoms with Crippen LogP contribution in [0.15, 0.2) is 36.5 Å². The number of quaternary nitrogens is 1. The van der Waals surface area contributed by atoms with Crippen LogP contribution < -0.4 is 0 Å². The van der Waals surface area contributed by atoms with E-state index in [4.69, 9.17) is 14.2 Å². The van der Waals surface area contributed by atoms with E-state index in [1.54, 1.807) is 0 Å². The summed E-state index contributed by atoms with van der Waals surface area (Å²) in [6, 6.07) is -0.616. The molecule has 2 atom stereocenters. The molecule has 0 bridgehead atoms. The third kappa shape index (κ3) is 29.7. The molecule has 48 heavy (non-hydrogen) atoms. The highest BCUT2D eigenvalue weighted by Gasteiger charge is 2.31. The predicted octanol–water partition coefficient (Wildman–Crippen LogP) is 9.52. The van der Waals surface area contributed by atoms with E-state index in [2.05, 4.69) is 50.3 Å². The molecule has 0 amide bonds. The summed E-state index contributed by atoms with van der Waals surface area (Å²) >= 11 is 0. The number of hydrogen-bond donors (Lipinski definition) is 1. The fourth-order valence-electron chi connectivity index (χ4n) is 5.23. The van der Waals surface area contributed by atoms with Crippen molar-refractivity contribution in [3.05, 3.63) is 36.5 Å². The number of carboxylic acids is 1. The van der Waals surface area contributed by atoms with Gasteiger partial charge in [0.25, 0.3) is 0 Å². The highest BCUT2D eigenvalue weighted by atomic mass is 16.6. The zero-order valence-corrected chi connectivity index (χ0v) is 31.4. The zero-order valence-electron chi connectivity index (χ0n) is 31.4. The molecule has 0 aromatic heterocycles. The summed E-state index contributed by atoms with van der Waals surface area (Å²) in [5.41, 5.74) is 0. The summed E-state index contributed by atoms with van der Waals surface area (Å²) in [6.45, 7) is 4.59. The van der Waals surface area contributed by atoms with Crippen LogP contribution in [-0.4, -0.2) is 80.6 Å². The maximum absolute atomic E-state index is 12.6. The number of aliphatic carboxylic acids is 1. The third-order valence-electron chi connectivity index (χ3n) is 8.24. The topological polar surface area (TPSA) is 99.1 Å². The molecule has 0 aromatic carbocycles. The average Bonchev–Trinajstić information content (AvgIpc) is 3.03. The molecule has 8 nitrogen and oxygen atoms in total. The molecule has 8 heteroatoms. The van der Waals surface area contributed by atoms with Crippen LogP contribution in [0, 0.1) is 0 Å². The first-order valence-corrected chi connectivity index (χ1v) is 19.0. The fraction of sp³-hybridized carbons (Fsp3) is 0.775. The second kappa shape index (κ2) is 31.8. The molecule has 0 fully saturated rings. The number of unbranched alkanes of at least 4 members (excludes halogenated alkanes) is 13. The average molecular weight is 679 g/mol. The SMILES string of the molecule is CCC/C=C\CCCCCCCC(=O)OCC(COCCC(C(=O)O)[N+](C)(C)C)OC(=O)CCCCCCC/C=C\C/C=C\CCCC. The maximum atomic E-state index is 12.6. The maximum Gasteiger partial charge on any atom is 0.362 e. The fourth-order valence-corrected chi connectivity index (χ4v) is 5.23. The Labute approximate surface area is 293 Å². The van der Waals surface area contributed by atoms with E-state index in [1.165, 1.54) is 32.1 Å². The van der Waals surface area contributed by atoms with Gasteiger partial charge >= 0.3 is 17.9 Å². The summed E-state index contributed by atoms with van der Waals surface area (Å²) < 4.78 is 17.2. The van der Waals surface area contributed by atoms with Crippen molar-refractivity contribution in [3.8, 4) is 0 Å². The van der Waals surface area contributed by atoms with Crippen molar-refractivity contribution in [1.82, 2.24) is 0 Å². The predicted molar refractivity (Wildman–Crippen MR) is 197 cm³/mol. The van der Waals surface area contributed by atoms with Gasteiger partial charge in [-0.2, -0.15) is 0 Å². The number of esters is 2. The molecular formula is C40H72NO7+. The third-order valence-corrected chi connectivity index (χ3v) is 8.24. The van der Waals surface area contributed by atoms with Crippen molar-refractivity contribution in [2.75, 3.05) is 41.0 Å². The van der Waals surface area contributed by atoms with Crippen LogP contribution in [0.3, 0.4) is 0 Å². The molecule has 0 spiro atoms. The van der Waals surface area contributed by atoms with Crippen LogP contribution in [0.2, 0.25) is 0 Å². The largest absolute Gasteiger partial charge is 0.477 e. The summed E-state index contributed by atoms with van der Waals surface area (Å²) in [7, 11) is 5.50. The molecule has 0 aliphatic carbocycles. The van der Waals surface area contributed by atoms with Crippen LogP contribution in [0.4, 0.5) is 0 Å². The van der Waals surface area contributed by atoms with Crippen LogP contribution in [0.5, 0.6) is 0 Å². The Bertz CT molecular complexity index is 891. The minimum atomic E-state index is -0.881. The number of carboxylic acid groups (broad SMARTS) is 1. The Morgan fingerprint density at radius 2 is 1.15 bits per heavy atom. The number of carbonyl (C=O) groups is 3. The molecule has 0 aliphatic rings. The number of ether oxygens (including phenoxy) is 3. The van der Waals surface area contributed by atoms with Gasteiger partial charge in [0.15, 0.2) is 12.1 Å². The zero-order chi connectivity index (χ0) is 35.7. The summed E-state index contributed by atoms with van der Waals surface area (Å²) in [6.07, 6.45) is 33.3. The van der Waals surface area contributed by atoms with Gasteiger partial charge in [0.2, 0.25) is 0 Å². The smallest absolute Gasteiger partial charge is 0.362 e. The quantitative estimate of drug-likeness (QED) is 0.0319. The number of hydrogen-bond acceptors (Lipinski definition) is 6. The Morgan fingerprint density at radius 3 is 1.71 bits per heavy atom. The minimum Gasteiger partial charge on any atom is -0.477 e. The lowest BCUT2D eigenvalue weighted by atomic mass is 10.1. The first kappa shape index (κ1) is 45.6. The van der Waals surface area contributed by atoms with Crippen LogP contribution in [0.25, 0.3) is 0 Å². The number of rotatable bonds is 33.